The molecule has 0 spiro atoms. The molecule has 0 radical (unpaired) electrons. The van der Waals surface area contributed by atoms with E-state index in [2.05, 4.69) is 5.32 Å². The predicted octanol–water partition coefficient (Wildman–Crippen LogP) is 0.665. The Labute approximate surface area is 114 Å². The Kier molecular flexibility index (Phi) is 4.80. The van der Waals surface area contributed by atoms with Crippen molar-refractivity contribution in [2.24, 2.45) is 5.92 Å². The zero-order valence-corrected chi connectivity index (χ0v) is 11.6. The Hall–Kier alpha value is -1.10. The van der Waals surface area contributed by atoms with Crippen LogP contribution >= 0.6 is 0 Å². The van der Waals surface area contributed by atoms with Gasteiger partial charge in [-0.25, -0.2) is 0 Å². The van der Waals surface area contributed by atoms with Gasteiger partial charge in [0, 0.05) is 13.1 Å². The number of amides is 2. The average molecular weight is 268 g/mol. The number of hydrogen-bond acceptors (Lipinski definition) is 3. The number of nitrogens with one attached hydrogen (secondary N) is 1. The minimum atomic E-state index is -0.544. The van der Waals surface area contributed by atoms with Crippen LogP contribution in [0, 0.1) is 5.92 Å². The van der Waals surface area contributed by atoms with Crippen LogP contribution in [-0.2, 0) is 9.59 Å². The largest absolute Gasteiger partial charge is 0.392 e. The molecular formula is C14H24N2O3. The highest BCUT2D eigenvalue weighted by molar-refractivity contribution is 5.88. The topological polar surface area (TPSA) is 69.6 Å². The molecule has 2 fully saturated rings. The monoisotopic (exact) mass is 268 g/mol. The summed E-state index contributed by atoms with van der Waals surface area (Å²) in [6, 6.07) is -0.488. The molecule has 5 heteroatoms. The van der Waals surface area contributed by atoms with E-state index in [0.29, 0.717) is 6.42 Å². The number of rotatable bonds is 3. The van der Waals surface area contributed by atoms with Crippen LogP contribution in [-0.4, -0.2) is 47.1 Å². The van der Waals surface area contributed by atoms with Crippen LogP contribution in [0.4, 0.5) is 0 Å². The molecule has 5 nitrogen and oxygen atoms in total. The van der Waals surface area contributed by atoms with Crippen molar-refractivity contribution in [3.05, 3.63) is 0 Å². The SMILES string of the molecule is C[C@H](NC(=O)C1CCCC1O)C(=O)N1CCCCC1. The van der Waals surface area contributed by atoms with E-state index in [1.807, 2.05) is 4.90 Å². The highest BCUT2D eigenvalue weighted by Crippen LogP contribution is 2.25. The summed E-state index contributed by atoms with van der Waals surface area (Å²) >= 11 is 0. The molecule has 1 saturated heterocycles. The first-order valence-corrected chi connectivity index (χ1v) is 7.37. The quantitative estimate of drug-likeness (QED) is 0.790. The van der Waals surface area contributed by atoms with Crippen LogP contribution < -0.4 is 5.32 Å². The molecule has 108 valence electrons. The maximum absolute atomic E-state index is 12.2. The van der Waals surface area contributed by atoms with Crippen molar-refractivity contribution in [2.75, 3.05) is 13.1 Å². The minimum Gasteiger partial charge on any atom is -0.392 e. The molecule has 1 aliphatic carbocycles. The molecule has 0 bridgehead atoms. The molecule has 0 aromatic heterocycles. The second-order valence-electron chi connectivity index (χ2n) is 5.72. The van der Waals surface area contributed by atoms with Crippen LogP contribution in [0.3, 0.4) is 0 Å². The van der Waals surface area contributed by atoms with Crippen molar-refractivity contribution in [3.8, 4) is 0 Å². The third-order valence-corrected chi connectivity index (χ3v) is 4.21. The zero-order chi connectivity index (χ0) is 13.8. The van der Waals surface area contributed by atoms with Crippen molar-refractivity contribution in [1.82, 2.24) is 10.2 Å². The first-order chi connectivity index (χ1) is 9.09. The van der Waals surface area contributed by atoms with Gasteiger partial charge in [0.1, 0.15) is 6.04 Å². The number of aliphatic hydroxyl groups is 1. The van der Waals surface area contributed by atoms with Crippen LogP contribution in [0.5, 0.6) is 0 Å². The first kappa shape index (κ1) is 14.3. The van der Waals surface area contributed by atoms with Gasteiger partial charge in [-0.1, -0.05) is 0 Å². The summed E-state index contributed by atoms with van der Waals surface area (Å²) in [5, 5.41) is 12.5. The number of likely N-dealkylation sites (tertiary alicyclic amines) is 1. The van der Waals surface area contributed by atoms with E-state index < -0.39 is 12.1 Å². The van der Waals surface area contributed by atoms with E-state index >= 15 is 0 Å². The van der Waals surface area contributed by atoms with Gasteiger partial charge in [0.05, 0.1) is 12.0 Å². The third kappa shape index (κ3) is 3.47. The molecule has 1 aliphatic heterocycles. The van der Waals surface area contributed by atoms with Gasteiger partial charge in [0.2, 0.25) is 11.8 Å². The predicted molar refractivity (Wildman–Crippen MR) is 71.4 cm³/mol. The summed E-state index contributed by atoms with van der Waals surface area (Å²) in [4.78, 5) is 26.0. The second-order valence-corrected chi connectivity index (χ2v) is 5.72. The minimum absolute atomic E-state index is 0.000497. The zero-order valence-electron chi connectivity index (χ0n) is 11.6. The van der Waals surface area contributed by atoms with Crippen LogP contribution in [0.25, 0.3) is 0 Å². The fourth-order valence-electron chi connectivity index (χ4n) is 3.02. The van der Waals surface area contributed by atoms with Gasteiger partial charge < -0.3 is 15.3 Å². The highest BCUT2D eigenvalue weighted by atomic mass is 16.3. The van der Waals surface area contributed by atoms with Crippen molar-refractivity contribution in [3.63, 3.8) is 0 Å². The normalized spacial score (nSPS) is 29.1. The molecule has 0 aromatic rings. The Balaban J connectivity index is 1.83. The molecular weight excluding hydrogens is 244 g/mol. The van der Waals surface area contributed by atoms with Gasteiger partial charge in [-0.15, -0.1) is 0 Å². The molecule has 3 atom stereocenters. The van der Waals surface area contributed by atoms with Crippen LogP contribution in [0.2, 0.25) is 0 Å². The molecule has 0 aromatic carbocycles. The third-order valence-electron chi connectivity index (χ3n) is 4.21. The molecule has 2 aliphatic rings. The molecule has 1 saturated carbocycles. The van der Waals surface area contributed by atoms with E-state index in [-0.39, 0.29) is 17.7 Å². The molecule has 1 heterocycles. The lowest BCUT2D eigenvalue weighted by atomic mass is 10.0. The fraction of sp³-hybridized carbons (Fsp3) is 0.857. The van der Waals surface area contributed by atoms with Crippen molar-refractivity contribution < 1.29 is 14.7 Å². The van der Waals surface area contributed by atoms with E-state index in [0.717, 1.165) is 38.8 Å². The number of nitrogens with zero attached hydrogens (tertiary/aromatic N) is 1. The lowest BCUT2D eigenvalue weighted by Gasteiger charge is -2.30. The summed E-state index contributed by atoms with van der Waals surface area (Å²) in [5.74, 6) is -0.514. The number of carbonyl (C=O) groups excluding carboxylic acids is 2. The molecule has 2 amide bonds. The summed E-state index contributed by atoms with van der Waals surface area (Å²) < 4.78 is 0. The second kappa shape index (κ2) is 6.37. The van der Waals surface area contributed by atoms with Gasteiger partial charge in [-0.3, -0.25) is 9.59 Å². The Morgan fingerprint density at radius 1 is 1.16 bits per heavy atom. The highest BCUT2D eigenvalue weighted by Gasteiger charge is 2.33. The number of aliphatic hydroxyl groups excluding tert-OH is 1. The van der Waals surface area contributed by atoms with Gasteiger partial charge in [0.25, 0.3) is 0 Å². The van der Waals surface area contributed by atoms with Gasteiger partial charge in [-0.05, 0) is 45.4 Å². The standard InChI is InChI=1S/C14H24N2O3/c1-10(14(19)16-8-3-2-4-9-16)15-13(18)11-6-5-7-12(11)17/h10-12,17H,2-9H2,1H3,(H,15,18)/t10-,11?,12?/m0/s1. The van der Waals surface area contributed by atoms with E-state index in [1.165, 1.54) is 6.42 Å². The maximum atomic E-state index is 12.2. The van der Waals surface area contributed by atoms with Gasteiger partial charge >= 0.3 is 0 Å². The Morgan fingerprint density at radius 2 is 1.84 bits per heavy atom. The van der Waals surface area contributed by atoms with Crippen LogP contribution in [0.1, 0.15) is 45.4 Å². The fourth-order valence-corrected chi connectivity index (χ4v) is 3.02. The maximum Gasteiger partial charge on any atom is 0.244 e. The lowest BCUT2D eigenvalue weighted by molar-refractivity contribution is -0.138. The first-order valence-electron chi connectivity index (χ1n) is 7.37. The van der Waals surface area contributed by atoms with Crippen molar-refractivity contribution in [2.45, 2.75) is 57.6 Å². The molecule has 2 unspecified atom stereocenters. The average Bonchev–Trinajstić information content (AvgIpc) is 2.85. The van der Waals surface area contributed by atoms with E-state index in [4.69, 9.17) is 0 Å². The van der Waals surface area contributed by atoms with Gasteiger partial charge in [-0.2, -0.15) is 0 Å². The van der Waals surface area contributed by atoms with E-state index in [9.17, 15) is 14.7 Å². The lowest BCUT2D eigenvalue weighted by Crippen LogP contribution is -2.50. The number of piperidine rings is 1. The molecule has 2 N–H and O–H groups in total. The van der Waals surface area contributed by atoms with Gasteiger partial charge in [0.15, 0.2) is 0 Å². The summed E-state index contributed by atoms with van der Waals surface area (Å²) in [6.45, 7) is 3.33. The summed E-state index contributed by atoms with van der Waals surface area (Å²) in [5.41, 5.74) is 0. The summed E-state index contributed by atoms with van der Waals surface area (Å²) in [6.07, 6.45) is 5.02. The Bertz CT molecular complexity index is 340. The molecule has 19 heavy (non-hydrogen) atoms. The van der Waals surface area contributed by atoms with Crippen molar-refractivity contribution in [1.29, 1.82) is 0 Å². The van der Waals surface area contributed by atoms with E-state index in [1.54, 1.807) is 6.92 Å². The smallest absolute Gasteiger partial charge is 0.244 e. The van der Waals surface area contributed by atoms with Crippen molar-refractivity contribution >= 4 is 11.8 Å². The number of hydrogen-bond donors (Lipinski definition) is 2. The summed E-state index contributed by atoms with van der Waals surface area (Å²) in [7, 11) is 0. The molecule has 2 rings (SSSR count). The number of carbonyl (C=O) groups is 2. The Morgan fingerprint density at radius 3 is 2.42 bits per heavy atom. The van der Waals surface area contributed by atoms with Crippen LogP contribution in [0.15, 0.2) is 0 Å².